The number of hydrogen-bond acceptors (Lipinski definition) is 4. The molecule has 1 aromatic heterocycles. The molecule has 0 saturated carbocycles. The van der Waals surface area contributed by atoms with E-state index in [-0.39, 0.29) is 17.2 Å². The van der Waals surface area contributed by atoms with Crippen LogP contribution in [-0.2, 0) is 28.2 Å². The second kappa shape index (κ2) is 10.4. The minimum atomic E-state index is -4.47. The molecule has 0 aliphatic carbocycles. The SMILES string of the molecule is CCS(=O)c1ccc(CC(=O)Nc2ccc3c(c2)sc(=O)n3C(C)c2cccc(C(F)(F)F)c2)cc1. The van der Waals surface area contributed by atoms with E-state index in [4.69, 9.17) is 0 Å². The van der Waals surface area contributed by atoms with Crippen LogP contribution in [0.15, 0.2) is 76.4 Å². The fourth-order valence-corrected chi connectivity index (χ4v) is 5.69. The maximum Gasteiger partial charge on any atom is 0.416 e. The fourth-order valence-electron chi connectivity index (χ4n) is 3.92. The molecular formula is C26H23F3N2O3S2. The van der Waals surface area contributed by atoms with Crippen molar-refractivity contribution in [1.29, 1.82) is 0 Å². The number of nitrogens with zero attached hydrogens (tertiary/aromatic N) is 1. The lowest BCUT2D eigenvalue weighted by Gasteiger charge is -2.16. The largest absolute Gasteiger partial charge is 0.416 e. The second-order valence-corrected chi connectivity index (χ2v) is 11.0. The molecule has 0 aliphatic rings. The Balaban J connectivity index is 1.53. The molecule has 1 heterocycles. The molecule has 0 bridgehead atoms. The van der Waals surface area contributed by atoms with E-state index in [2.05, 4.69) is 5.32 Å². The van der Waals surface area contributed by atoms with Crippen LogP contribution in [-0.4, -0.2) is 20.4 Å². The van der Waals surface area contributed by atoms with Crippen LogP contribution in [0.5, 0.6) is 0 Å². The third-order valence-electron chi connectivity index (χ3n) is 5.79. The van der Waals surface area contributed by atoms with Crippen LogP contribution < -0.4 is 10.2 Å². The van der Waals surface area contributed by atoms with Gasteiger partial charge in [-0.1, -0.05) is 42.5 Å². The normalized spacial score (nSPS) is 13.5. The molecule has 10 heteroatoms. The van der Waals surface area contributed by atoms with Crippen LogP contribution in [0.3, 0.4) is 0 Å². The Hall–Kier alpha value is -3.24. The summed E-state index contributed by atoms with van der Waals surface area (Å²) in [4.78, 5) is 25.7. The van der Waals surface area contributed by atoms with Crippen molar-refractivity contribution in [3.8, 4) is 0 Å². The zero-order valence-corrected chi connectivity index (χ0v) is 21.1. The minimum Gasteiger partial charge on any atom is -0.326 e. The maximum atomic E-state index is 13.1. The number of hydrogen-bond donors (Lipinski definition) is 1. The van der Waals surface area contributed by atoms with E-state index in [1.165, 1.54) is 10.6 Å². The van der Waals surface area contributed by atoms with Crippen LogP contribution in [0.2, 0.25) is 0 Å². The summed E-state index contributed by atoms with van der Waals surface area (Å²) in [5.74, 6) is 0.275. The highest BCUT2D eigenvalue weighted by molar-refractivity contribution is 7.85. The number of aromatic nitrogens is 1. The van der Waals surface area contributed by atoms with Crippen molar-refractivity contribution in [2.45, 2.75) is 37.4 Å². The molecule has 0 spiro atoms. The maximum absolute atomic E-state index is 13.1. The highest BCUT2D eigenvalue weighted by Gasteiger charge is 2.31. The molecule has 0 fully saturated rings. The van der Waals surface area contributed by atoms with E-state index in [1.54, 1.807) is 55.5 Å². The monoisotopic (exact) mass is 532 g/mol. The lowest BCUT2D eigenvalue weighted by molar-refractivity contribution is -0.137. The number of benzene rings is 3. The van der Waals surface area contributed by atoms with Crippen LogP contribution >= 0.6 is 11.3 Å². The first kappa shape index (κ1) is 25.8. The summed E-state index contributed by atoms with van der Waals surface area (Å²) in [5, 5.41) is 2.82. The summed E-state index contributed by atoms with van der Waals surface area (Å²) in [7, 11) is -1.05. The van der Waals surface area contributed by atoms with Gasteiger partial charge in [0.2, 0.25) is 5.91 Å². The lowest BCUT2D eigenvalue weighted by atomic mass is 10.0. The van der Waals surface area contributed by atoms with Crippen LogP contribution in [0, 0.1) is 0 Å². The van der Waals surface area contributed by atoms with E-state index >= 15 is 0 Å². The highest BCUT2D eigenvalue weighted by Crippen LogP contribution is 2.32. The summed E-state index contributed by atoms with van der Waals surface area (Å²) in [5.41, 5.74) is 1.47. The van der Waals surface area contributed by atoms with Gasteiger partial charge < -0.3 is 5.32 Å². The molecule has 5 nitrogen and oxygen atoms in total. The Morgan fingerprint density at radius 1 is 1.08 bits per heavy atom. The number of alkyl halides is 3. The van der Waals surface area contributed by atoms with Crippen LogP contribution in [0.1, 0.15) is 36.6 Å². The highest BCUT2D eigenvalue weighted by atomic mass is 32.2. The van der Waals surface area contributed by atoms with Gasteiger partial charge in [-0.25, -0.2) is 0 Å². The quantitative estimate of drug-likeness (QED) is 0.318. The lowest BCUT2D eigenvalue weighted by Crippen LogP contribution is -2.19. The van der Waals surface area contributed by atoms with Crippen molar-refractivity contribution in [3.63, 3.8) is 0 Å². The van der Waals surface area contributed by atoms with Crippen molar-refractivity contribution in [3.05, 3.63) is 93.1 Å². The van der Waals surface area contributed by atoms with Gasteiger partial charge in [0, 0.05) is 16.3 Å². The van der Waals surface area contributed by atoms with E-state index < -0.39 is 28.6 Å². The number of rotatable bonds is 7. The summed E-state index contributed by atoms with van der Waals surface area (Å²) >= 11 is 0.968. The predicted octanol–water partition coefficient (Wildman–Crippen LogP) is 6.00. The number of carbonyl (C=O) groups excluding carboxylic acids is 1. The molecule has 36 heavy (non-hydrogen) atoms. The third kappa shape index (κ3) is 5.60. The number of amides is 1. The average molecular weight is 533 g/mol. The number of halogens is 3. The average Bonchev–Trinajstić information content (AvgIpc) is 3.17. The van der Waals surface area contributed by atoms with Gasteiger partial charge in [0.15, 0.2) is 0 Å². The van der Waals surface area contributed by atoms with Crippen molar-refractivity contribution >= 4 is 43.9 Å². The molecular weight excluding hydrogens is 509 g/mol. The van der Waals surface area contributed by atoms with E-state index in [9.17, 15) is 27.0 Å². The molecule has 3 aromatic carbocycles. The van der Waals surface area contributed by atoms with E-state index in [0.29, 0.717) is 32.1 Å². The summed E-state index contributed by atoms with van der Waals surface area (Å²) < 4.78 is 53.4. The first-order chi connectivity index (χ1) is 17.1. The first-order valence-corrected chi connectivity index (χ1v) is 13.3. The van der Waals surface area contributed by atoms with Gasteiger partial charge in [0.25, 0.3) is 0 Å². The molecule has 0 saturated heterocycles. The zero-order chi connectivity index (χ0) is 26.0. The number of anilines is 1. The Morgan fingerprint density at radius 2 is 1.81 bits per heavy atom. The topological polar surface area (TPSA) is 68.2 Å². The number of fused-ring (bicyclic) bond motifs is 1. The predicted molar refractivity (Wildman–Crippen MR) is 137 cm³/mol. The molecule has 1 N–H and O–H groups in total. The second-order valence-electron chi connectivity index (χ2n) is 8.22. The van der Waals surface area contributed by atoms with Gasteiger partial charge in [0.05, 0.1) is 39.0 Å². The van der Waals surface area contributed by atoms with Crippen molar-refractivity contribution in [2.75, 3.05) is 11.1 Å². The van der Waals surface area contributed by atoms with Crippen molar-refractivity contribution in [2.24, 2.45) is 0 Å². The minimum absolute atomic E-state index is 0.126. The van der Waals surface area contributed by atoms with E-state index in [1.807, 2.05) is 6.92 Å². The number of carbonyl (C=O) groups is 1. The van der Waals surface area contributed by atoms with Crippen LogP contribution in [0.25, 0.3) is 10.2 Å². The van der Waals surface area contributed by atoms with Gasteiger partial charge in [-0.15, -0.1) is 0 Å². The fraction of sp³-hybridized carbons (Fsp3) is 0.231. The molecule has 0 radical (unpaired) electrons. The van der Waals surface area contributed by atoms with Gasteiger partial charge in [-0.3, -0.25) is 18.4 Å². The summed E-state index contributed by atoms with van der Waals surface area (Å²) in [6, 6.07) is 16.4. The van der Waals surface area contributed by atoms with Gasteiger partial charge in [-0.2, -0.15) is 13.2 Å². The Labute approximate surface area is 212 Å². The molecule has 4 aromatic rings. The van der Waals surface area contributed by atoms with Gasteiger partial charge in [-0.05, 0) is 60.5 Å². The Bertz CT molecular complexity index is 1490. The standard InChI is InChI=1S/C26H23F3N2O3S2/c1-3-36(34)21-10-7-17(8-11-21)13-24(32)30-20-9-12-22-23(15-20)35-25(33)31(22)16(2)18-5-4-6-19(14-18)26(27,28)29/h4-12,14-16H,3,13H2,1-2H3,(H,30,32). The molecule has 1 amide bonds. The van der Waals surface area contributed by atoms with Crippen molar-refractivity contribution < 1.29 is 22.2 Å². The molecule has 2 unspecified atom stereocenters. The number of nitrogens with one attached hydrogen (secondary N) is 1. The smallest absolute Gasteiger partial charge is 0.326 e. The third-order valence-corrected chi connectivity index (χ3v) is 8.03. The first-order valence-electron chi connectivity index (χ1n) is 11.2. The van der Waals surface area contributed by atoms with Crippen LogP contribution in [0.4, 0.5) is 18.9 Å². The van der Waals surface area contributed by atoms with E-state index in [0.717, 1.165) is 29.0 Å². The molecule has 2 atom stereocenters. The molecule has 188 valence electrons. The van der Waals surface area contributed by atoms with Gasteiger partial charge >= 0.3 is 11.0 Å². The molecule has 4 rings (SSSR count). The van der Waals surface area contributed by atoms with Crippen molar-refractivity contribution in [1.82, 2.24) is 4.57 Å². The molecule has 0 aliphatic heterocycles. The Kier molecular flexibility index (Phi) is 7.46. The summed E-state index contributed by atoms with van der Waals surface area (Å²) in [6.45, 7) is 3.52. The number of thiazole rings is 1. The van der Waals surface area contributed by atoms with Gasteiger partial charge in [0.1, 0.15) is 0 Å². The Morgan fingerprint density at radius 3 is 2.47 bits per heavy atom. The summed E-state index contributed by atoms with van der Waals surface area (Å²) in [6.07, 6.45) is -4.35. The zero-order valence-electron chi connectivity index (χ0n) is 19.5.